The molecule has 0 heterocycles. The highest BCUT2D eigenvalue weighted by atomic mass is 19.3. The second-order valence-electron chi connectivity index (χ2n) is 5.99. The van der Waals surface area contributed by atoms with Gasteiger partial charge in [0.15, 0.2) is 11.5 Å². The monoisotopic (exact) mass is 392 g/mol. The topological polar surface area (TPSA) is 67.9 Å². The fraction of sp³-hybridized carbons (Fsp3) is 0.300. The molecule has 2 aromatic carbocycles. The Morgan fingerprint density at radius 3 is 2.46 bits per heavy atom. The highest BCUT2D eigenvalue weighted by molar-refractivity contribution is 5.94. The number of carbonyl (C=O) groups excluding carboxylic acids is 2. The summed E-state index contributed by atoms with van der Waals surface area (Å²) in [7, 11) is 2.95. The van der Waals surface area contributed by atoms with Gasteiger partial charge in [-0.1, -0.05) is 24.3 Å². The van der Waals surface area contributed by atoms with Crippen molar-refractivity contribution in [2.45, 2.75) is 19.6 Å². The van der Waals surface area contributed by atoms with E-state index in [9.17, 15) is 18.4 Å². The van der Waals surface area contributed by atoms with E-state index in [0.29, 0.717) is 11.1 Å². The molecule has 2 rings (SSSR count). The van der Waals surface area contributed by atoms with Gasteiger partial charge < -0.3 is 19.7 Å². The zero-order valence-electron chi connectivity index (χ0n) is 15.7. The molecule has 0 bridgehead atoms. The molecule has 0 radical (unpaired) electrons. The molecule has 0 aliphatic heterocycles. The van der Waals surface area contributed by atoms with Crippen LogP contribution in [-0.2, 0) is 11.3 Å². The average Bonchev–Trinajstić information content (AvgIpc) is 2.68. The van der Waals surface area contributed by atoms with Crippen LogP contribution in [0.25, 0.3) is 0 Å². The number of benzene rings is 2. The molecule has 0 saturated heterocycles. The third-order valence-electron chi connectivity index (χ3n) is 3.95. The molecule has 2 amide bonds. The van der Waals surface area contributed by atoms with Gasteiger partial charge in [0.05, 0.1) is 7.11 Å². The Kier molecular flexibility index (Phi) is 7.74. The van der Waals surface area contributed by atoms with E-state index in [1.54, 1.807) is 37.4 Å². The molecule has 150 valence electrons. The predicted molar refractivity (Wildman–Crippen MR) is 99.5 cm³/mol. The first-order valence-corrected chi connectivity index (χ1v) is 8.59. The van der Waals surface area contributed by atoms with Gasteiger partial charge in [-0.3, -0.25) is 9.59 Å². The Balaban J connectivity index is 1.87. The molecule has 0 aliphatic carbocycles. The van der Waals surface area contributed by atoms with E-state index in [0.717, 1.165) is 0 Å². The fourth-order valence-corrected chi connectivity index (χ4v) is 2.53. The van der Waals surface area contributed by atoms with Crippen LogP contribution >= 0.6 is 0 Å². The van der Waals surface area contributed by atoms with Crippen molar-refractivity contribution < 1.29 is 27.8 Å². The molecular weight excluding hydrogens is 370 g/mol. The number of alkyl halides is 2. The lowest BCUT2D eigenvalue weighted by Crippen LogP contribution is -2.31. The number of nitrogens with zero attached hydrogens (tertiary/aromatic N) is 1. The van der Waals surface area contributed by atoms with E-state index in [4.69, 9.17) is 4.74 Å². The van der Waals surface area contributed by atoms with Gasteiger partial charge in [0, 0.05) is 32.1 Å². The van der Waals surface area contributed by atoms with Gasteiger partial charge in [0.2, 0.25) is 5.91 Å². The van der Waals surface area contributed by atoms with E-state index in [1.165, 1.54) is 24.1 Å². The Hall–Kier alpha value is -3.16. The molecular formula is C20H22F2N2O4. The van der Waals surface area contributed by atoms with E-state index < -0.39 is 6.61 Å². The number of ether oxygens (including phenoxy) is 2. The summed E-state index contributed by atoms with van der Waals surface area (Å²) in [5.41, 5.74) is 1.13. The van der Waals surface area contributed by atoms with Gasteiger partial charge in [0.1, 0.15) is 0 Å². The Morgan fingerprint density at radius 1 is 1.11 bits per heavy atom. The number of rotatable bonds is 9. The summed E-state index contributed by atoms with van der Waals surface area (Å²) in [5, 5.41) is 2.69. The van der Waals surface area contributed by atoms with Crippen molar-refractivity contribution in [2.75, 3.05) is 20.7 Å². The van der Waals surface area contributed by atoms with Crippen molar-refractivity contribution in [1.29, 1.82) is 0 Å². The van der Waals surface area contributed by atoms with Crippen LogP contribution < -0.4 is 14.8 Å². The van der Waals surface area contributed by atoms with Crippen molar-refractivity contribution in [2.24, 2.45) is 0 Å². The van der Waals surface area contributed by atoms with Crippen molar-refractivity contribution in [3.63, 3.8) is 0 Å². The molecule has 8 heteroatoms. The molecule has 0 fully saturated rings. The highest BCUT2D eigenvalue weighted by Crippen LogP contribution is 2.29. The zero-order chi connectivity index (χ0) is 20.5. The lowest BCUT2D eigenvalue weighted by atomic mass is 10.2. The minimum atomic E-state index is -2.98. The van der Waals surface area contributed by atoms with Gasteiger partial charge in [-0.2, -0.15) is 8.78 Å². The SMILES string of the molecule is COc1ccc(CN(C)C(=O)CCNC(=O)c2ccccc2)cc1OC(F)F. The minimum Gasteiger partial charge on any atom is -0.493 e. The van der Waals surface area contributed by atoms with Gasteiger partial charge >= 0.3 is 6.61 Å². The smallest absolute Gasteiger partial charge is 0.387 e. The van der Waals surface area contributed by atoms with Gasteiger partial charge in [0.25, 0.3) is 5.91 Å². The fourth-order valence-electron chi connectivity index (χ4n) is 2.53. The largest absolute Gasteiger partial charge is 0.493 e. The first-order chi connectivity index (χ1) is 13.4. The number of carbonyl (C=O) groups is 2. The molecule has 1 N–H and O–H groups in total. The molecule has 28 heavy (non-hydrogen) atoms. The Bertz CT molecular complexity index is 800. The first kappa shape index (κ1) is 21.1. The molecule has 0 aromatic heterocycles. The van der Waals surface area contributed by atoms with Crippen LogP contribution in [0.4, 0.5) is 8.78 Å². The quantitative estimate of drug-likeness (QED) is 0.712. The van der Waals surface area contributed by atoms with Gasteiger partial charge in [-0.05, 0) is 29.8 Å². The summed E-state index contributed by atoms with van der Waals surface area (Å²) in [4.78, 5) is 25.6. The maximum Gasteiger partial charge on any atom is 0.387 e. The minimum absolute atomic E-state index is 0.0917. The van der Waals surface area contributed by atoms with Crippen LogP contribution in [0.3, 0.4) is 0 Å². The third-order valence-corrected chi connectivity index (χ3v) is 3.95. The molecule has 6 nitrogen and oxygen atoms in total. The highest BCUT2D eigenvalue weighted by Gasteiger charge is 2.14. The summed E-state index contributed by atoms with van der Waals surface area (Å²) in [6.07, 6.45) is 0.117. The molecule has 0 aliphatic rings. The second-order valence-corrected chi connectivity index (χ2v) is 5.99. The number of hydrogen-bond acceptors (Lipinski definition) is 4. The van der Waals surface area contributed by atoms with Crippen molar-refractivity contribution >= 4 is 11.8 Å². The normalized spacial score (nSPS) is 10.5. The summed E-state index contributed by atoms with van der Waals surface area (Å²) < 4.78 is 34.4. The van der Waals surface area contributed by atoms with E-state index in [-0.39, 0.29) is 42.8 Å². The number of nitrogens with one attached hydrogen (secondary N) is 1. The summed E-state index contributed by atoms with van der Waals surface area (Å²) in [6, 6.07) is 13.3. The Morgan fingerprint density at radius 2 is 1.82 bits per heavy atom. The molecule has 0 saturated carbocycles. The lowest BCUT2D eigenvalue weighted by Gasteiger charge is -2.19. The van der Waals surface area contributed by atoms with Gasteiger partial charge in [-0.15, -0.1) is 0 Å². The summed E-state index contributed by atoms with van der Waals surface area (Å²) in [5.74, 6) is -0.354. The van der Waals surface area contributed by atoms with Crippen LogP contribution in [-0.4, -0.2) is 44.0 Å². The molecule has 2 aromatic rings. The van der Waals surface area contributed by atoms with Crippen molar-refractivity contribution in [3.8, 4) is 11.5 Å². The maximum absolute atomic E-state index is 12.5. The molecule has 0 spiro atoms. The predicted octanol–water partition coefficient (Wildman–Crippen LogP) is 3.08. The van der Waals surface area contributed by atoms with Crippen LogP contribution in [0.5, 0.6) is 11.5 Å². The number of methoxy groups -OCH3 is 1. The van der Waals surface area contributed by atoms with E-state index >= 15 is 0 Å². The lowest BCUT2D eigenvalue weighted by molar-refractivity contribution is -0.130. The second kappa shape index (κ2) is 10.2. The van der Waals surface area contributed by atoms with E-state index in [2.05, 4.69) is 10.1 Å². The average molecular weight is 392 g/mol. The number of hydrogen-bond donors (Lipinski definition) is 1. The summed E-state index contributed by atoms with van der Waals surface area (Å²) >= 11 is 0. The molecule has 0 unspecified atom stereocenters. The summed E-state index contributed by atoms with van der Waals surface area (Å²) in [6.45, 7) is -2.58. The van der Waals surface area contributed by atoms with Crippen molar-refractivity contribution in [1.82, 2.24) is 10.2 Å². The maximum atomic E-state index is 12.5. The van der Waals surface area contributed by atoms with Crippen LogP contribution in [0.1, 0.15) is 22.3 Å². The zero-order valence-corrected chi connectivity index (χ0v) is 15.7. The van der Waals surface area contributed by atoms with E-state index in [1.807, 2.05) is 6.07 Å². The van der Waals surface area contributed by atoms with Gasteiger partial charge in [-0.25, -0.2) is 0 Å². The Labute approximate surface area is 162 Å². The third kappa shape index (κ3) is 6.22. The van der Waals surface area contributed by atoms with Crippen LogP contribution in [0.15, 0.2) is 48.5 Å². The first-order valence-electron chi connectivity index (χ1n) is 8.59. The number of halogens is 2. The van der Waals surface area contributed by atoms with Crippen molar-refractivity contribution in [3.05, 3.63) is 59.7 Å². The van der Waals surface area contributed by atoms with Crippen LogP contribution in [0, 0.1) is 0 Å². The number of amides is 2. The standard InChI is InChI=1S/C20H22F2N2O4/c1-24(13-14-8-9-16(27-2)17(12-14)28-20(21)22)18(25)10-11-23-19(26)15-6-4-3-5-7-15/h3-9,12,20H,10-11,13H2,1-2H3,(H,23,26). The van der Waals surface area contributed by atoms with Crippen LogP contribution in [0.2, 0.25) is 0 Å². The molecule has 0 atom stereocenters.